The molecule has 11 heteroatoms. The van der Waals surface area contributed by atoms with Crippen LogP contribution in [0.4, 0.5) is 5.95 Å². The molecule has 2 amide bonds. The number of anilines is 1. The first kappa shape index (κ1) is 18.8. The van der Waals surface area contributed by atoms with Crippen LogP contribution in [0, 0.1) is 0 Å². The number of hydrogen-bond acceptors (Lipinski definition) is 9. The summed E-state index contributed by atoms with van der Waals surface area (Å²) in [5.41, 5.74) is 0. The molecule has 3 rings (SSSR count). The molecule has 0 unspecified atom stereocenters. The third kappa shape index (κ3) is 4.58. The molecule has 0 aromatic carbocycles. The fourth-order valence-electron chi connectivity index (χ4n) is 2.70. The minimum atomic E-state index is -0.317. The Bertz CT molecular complexity index is 695. The van der Waals surface area contributed by atoms with Gasteiger partial charge in [0.25, 0.3) is 0 Å². The third-order valence-electron chi connectivity index (χ3n) is 4.06. The summed E-state index contributed by atoms with van der Waals surface area (Å²) in [4.78, 5) is 40.1. The molecule has 0 saturated carbocycles. The highest BCUT2D eigenvalue weighted by Crippen LogP contribution is 2.19. The van der Waals surface area contributed by atoms with E-state index in [0.29, 0.717) is 16.1 Å². The Morgan fingerprint density at radius 2 is 2.04 bits per heavy atom. The topological polar surface area (TPSA) is 101 Å². The van der Waals surface area contributed by atoms with E-state index in [9.17, 15) is 9.59 Å². The average Bonchev–Trinajstić information content (AvgIpc) is 2.98. The van der Waals surface area contributed by atoms with Gasteiger partial charge in [0, 0.05) is 13.1 Å². The van der Waals surface area contributed by atoms with Crippen LogP contribution in [0.3, 0.4) is 0 Å². The van der Waals surface area contributed by atoms with Gasteiger partial charge in [-0.3, -0.25) is 14.5 Å². The van der Waals surface area contributed by atoms with Crippen LogP contribution in [0.1, 0.15) is 25.1 Å². The number of nitrogens with one attached hydrogen (secondary N) is 1. The molecule has 9 nitrogen and oxygen atoms in total. The van der Waals surface area contributed by atoms with Crippen molar-refractivity contribution in [1.29, 1.82) is 0 Å². The summed E-state index contributed by atoms with van der Waals surface area (Å²) in [6.45, 7) is 1.82. The normalized spacial score (nSPS) is 17.6. The Morgan fingerprint density at radius 3 is 2.69 bits per heavy atom. The molecule has 1 N–H and O–H groups in total. The molecular formula is C15H20N6O3S2. The van der Waals surface area contributed by atoms with Gasteiger partial charge in [0.2, 0.25) is 17.8 Å². The second kappa shape index (κ2) is 8.58. The molecule has 0 spiro atoms. The second-order valence-electron chi connectivity index (χ2n) is 5.90. The van der Waals surface area contributed by atoms with E-state index in [0.717, 1.165) is 25.9 Å². The number of ether oxygens (including phenoxy) is 1. The molecule has 2 fully saturated rings. The molecular weight excluding hydrogens is 376 g/mol. The molecule has 1 aromatic heterocycles. The van der Waals surface area contributed by atoms with Gasteiger partial charge in [-0.25, -0.2) is 0 Å². The molecule has 1 aromatic rings. The fourth-order valence-corrected chi connectivity index (χ4v) is 3.77. The number of rotatable bonds is 6. The zero-order chi connectivity index (χ0) is 18.5. The van der Waals surface area contributed by atoms with Crippen molar-refractivity contribution in [2.24, 2.45) is 0 Å². The molecule has 26 heavy (non-hydrogen) atoms. The lowest BCUT2D eigenvalue weighted by molar-refractivity contribution is -0.129. The van der Waals surface area contributed by atoms with Crippen LogP contribution < -0.4 is 15.0 Å². The Kier molecular flexibility index (Phi) is 6.20. The summed E-state index contributed by atoms with van der Waals surface area (Å²) in [5, 5.41) is 2.72. The summed E-state index contributed by atoms with van der Waals surface area (Å²) < 4.78 is 5.58. The van der Waals surface area contributed by atoms with E-state index in [4.69, 9.17) is 17.0 Å². The van der Waals surface area contributed by atoms with Crippen molar-refractivity contribution in [3.8, 4) is 6.01 Å². The molecule has 3 heterocycles. The largest absolute Gasteiger partial charge is 0.467 e. The van der Waals surface area contributed by atoms with Crippen molar-refractivity contribution in [3.05, 3.63) is 5.82 Å². The van der Waals surface area contributed by atoms with Crippen molar-refractivity contribution in [2.75, 3.05) is 37.4 Å². The van der Waals surface area contributed by atoms with Crippen molar-refractivity contribution in [2.45, 2.75) is 25.8 Å². The smallest absolute Gasteiger partial charge is 0.321 e. The average molecular weight is 396 g/mol. The number of aromatic nitrogens is 3. The van der Waals surface area contributed by atoms with Crippen molar-refractivity contribution in [3.63, 3.8) is 0 Å². The number of piperidine rings is 1. The van der Waals surface area contributed by atoms with Gasteiger partial charge in [-0.2, -0.15) is 15.0 Å². The van der Waals surface area contributed by atoms with Gasteiger partial charge in [-0.15, -0.1) is 0 Å². The lowest BCUT2D eigenvalue weighted by atomic mass is 10.1. The van der Waals surface area contributed by atoms with Crippen LogP contribution in [0.2, 0.25) is 0 Å². The van der Waals surface area contributed by atoms with Crippen LogP contribution in [0.15, 0.2) is 0 Å². The van der Waals surface area contributed by atoms with E-state index in [1.54, 1.807) is 0 Å². The number of methoxy groups -OCH3 is 1. The second-order valence-corrected chi connectivity index (χ2v) is 7.51. The maximum Gasteiger partial charge on any atom is 0.321 e. The number of nitrogens with zero attached hydrogens (tertiary/aromatic N) is 5. The first-order chi connectivity index (χ1) is 12.6. The predicted molar refractivity (Wildman–Crippen MR) is 101 cm³/mol. The summed E-state index contributed by atoms with van der Waals surface area (Å²) in [6.07, 6.45) is 3.40. The van der Waals surface area contributed by atoms with Crippen molar-refractivity contribution in [1.82, 2.24) is 25.2 Å². The lowest BCUT2D eigenvalue weighted by Gasteiger charge is -2.26. The van der Waals surface area contributed by atoms with Crippen molar-refractivity contribution >= 4 is 46.1 Å². The van der Waals surface area contributed by atoms with E-state index in [1.807, 2.05) is 0 Å². The monoisotopic (exact) mass is 396 g/mol. The first-order valence-corrected chi connectivity index (χ1v) is 9.74. The predicted octanol–water partition coefficient (Wildman–Crippen LogP) is 0.347. The molecule has 2 aliphatic heterocycles. The Labute approximate surface area is 160 Å². The van der Waals surface area contributed by atoms with Crippen LogP contribution >= 0.6 is 24.0 Å². The third-order valence-corrected chi connectivity index (χ3v) is 5.49. The number of hydrogen-bond donors (Lipinski definition) is 1. The number of amides is 2. The van der Waals surface area contributed by atoms with E-state index in [1.165, 1.54) is 30.2 Å². The zero-order valence-corrected chi connectivity index (χ0v) is 16.1. The minimum absolute atomic E-state index is 0.0914. The zero-order valence-electron chi connectivity index (χ0n) is 14.4. The maximum atomic E-state index is 12.1. The molecule has 0 aliphatic carbocycles. The Hall–Kier alpha value is -2.01. The first-order valence-electron chi connectivity index (χ1n) is 8.34. The summed E-state index contributed by atoms with van der Waals surface area (Å²) in [5.74, 6) is 0.797. The van der Waals surface area contributed by atoms with E-state index >= 15 is 0 Å². The van der Waals surface area contributed by atoms with Gasteiger partial charge >= 0.3 is 6.01 Å². The molecule has 2 saturated heterocycles. The summed E-state index contributed by atoms with van der Waals surface area (Å²) >= 11 is 6.33. The van der Waals surface area contributed by atoms with Gasteiger partial charge in [0.05, 0.1) is 19.4 Å². The number of thiocarbonyl (C=S) groups is 1. The minimum Gasteiger partial charge on any atom is -0.467 e. The van der Waals surface area contributed by atoms with E-state index < -0.39 is 0 Å². The van der Waals surface area contributed by atoms with Crippen LogP contribution in [0.5, 0.6) is 6.01 Å². The standard InChI is InChI=1S/C15H20N6O3S2/c1-24-14-18-10(17-13(19-14)20-5-3-2-4-6-20)7-16-11(22)8-21-12(23)9-26-15(21)25/h2-9H2,1H3,(H,16,22). The molecule has 0 radical (unpaired) electrons. The van der Waals surface area contributed by atoms with Crippen LogP contribution in [-0.4, -0.2) is 68.5 Å². The Morgan fingerprint density at radius 1 is 1.27 bits per heavy atom. The van der Waals surface area contributed by atoms with Crippen LogP contribution in [-0.2, 0) is 16.1 Å². The SMILES string of the molecule is COc1nc(CNC(=O)CN2C(=O)CSC2=S)nc(N2CCCCC2)n1. The van der Waals surface area contributed by atoms with Crippen molar-refractivity contribution < 1.29 is 14.3 Å². The number of thioether (sulfide) groups is 1. The van der Waals surface area contributed by atoms with Gasteiger partial charge in [0.15, 0.2) is 5.82 Å². The summed E-state index contributed by atoms with van der Waals surface area (Å²) in [7, 11) is 1.50. The molecule has 0 atom stereocenters. The highest BCUT2D eigenvalue weighted by Gasteiger charge is 2.28. The summed E-state index contributed by atoms with van der Waals surface area (Å²) in [6, 6.07) is 0.220. The van der Waals surface area contributed by atoms with Gasteiger partial charge in [-0.1, -0.05) is 24.0 Å². The highest BCUT2D eigenvalue weighted by molar-refractivity contribution is 8.23. The van der Waals surface area contributed by atoms with Gasteiger partial charge in [-0.05, 0) is 19.3 Å². The number of carbonyl (C=O) groups is 2. The molecule has 2 aliphatic rings. The quantitative estimate of drug-likeness (QED) is 0.683. The molecule has 0 bridgehead atoms. The Balaban J connectivity index is 1.62. The highest BCUT2D eigenvalue weighted by atomic mass is 32.2. The molecule has 140 valence electrons. The lowest BCUT2D eigenvalue weighted by Crippen LogP contribution is -2.39. The maximum absolute atomic E-state index is 12.1. The van der Waals surface area contributed by atoms with Crippen LogP contribution in [0.25, 0.3) is 0 Å². The van der Waals surface area contributed by atoms with Gasteiger partial charge in [0.1, 0.15) is 10.9 Å². The number of carbonyl (C=O) groups excluding carboxylic acids is 2. The van der Waals surface area contributed by atoms with E-state index in [-0.39, 0.29) is 36.7 Å². The fraction of sp³-hybridized carbons (Fsp3) is 0.600. The van der Waals surface area contributed by atoms with E-state index in [2.05, 4.69) is 25.2 Å². The van der Waals surface area contributed by atoms with Gasteiger partial charge < -0.3 is 15.0 Å².